The highest BCUT2D eigenvalue weighted by molar-refractivity contribution is 5.92. The van der Waals surface area contributed by atoms with Crippen LogP contribution in [0.1, 0.15) is 65.2 Å². The van der Waals surface area contributed by atoms with Crippen LogP contribution in [0.2, 0.25) is 0 Å². The second-order valence-corrected chi connectivity index (χ2v) is 10.3. The molecule has 0 unspecified atom stereocenters. The Kier molecular flexibility index (Phi) is 2.82. The maximum absolute atomic E-state index is 12.0. The zero-order valence-corrected chi connectivity index (χ0v) is 15.8. The standard InChI is InChI=1S/C22H28O4/c1-20-7-3-12(23)11-15(20)18-19(25-18)17-13(20)4-8-21(2)14(17)5-9-22(21)10-6-16(24)26-22/h11,13-14,17-19H,3-10H2,1-2H3/t13-,14-,17+,18-,19+,20+,21-,22+/m0/s1. The van der Waals surface area contributed by atoms with Crippen molar-refractivity contribution in [1.29, 1.82) is 0 Å². The molecule has 2 saturated heterocycles. The van der Waals surface area contributed by atoms with Gasteiger partial charge in [-0.2, -0.15) is 0 Å². The fraction of sp³-hybridized carbons (Fsp3) is 0.818. The molecular weight excluding hydrogens is 328 g/mol. The van der Waals surface area contributed by atoms with Gasteiger partial charge in [-0.1, -0.05) is 13.8 Å². The summed E-state index contributed by atoms with van der Waals surface area (Å²) >= 11 is 0. The number of carbonyl (C=O) groups is 2. The first kappa shape index (κ1) is 15.9. The van der Waals surface area contributed by atoms with Gasteiger partial charge in [-0.3, -0.25) is 9.59 Å². The number of fused-ring (bicyclic) bond motifs is 9. The minimum Gasteiger partial charge on any atom is -0.458 e. The van der Waals surface area contributed by atoms with Crippen molar-refractivity contribution in [2.45, 2.75) is 83.0 Å². The van der Waals surface area contributed by atoms with E-state index in [1.807, 2.05) is 6.08 Å². The van der Waals surface area contributed by atoms with Crippen LogP contribution in [0.15, 0.2) is 11.6 Å². The van der Waals surface area contributed by atoms with Crippen molar-refractivity contribution >= 4 is 11.8 Å². The first-order chi connectivity index (χ1) is 12.4. The van der Waals surface area contributed by atoms with Crippen LogP contribution in [0.25, 0.3) is 0 Å². The van der Waals surface area contributed by atoms with Gasteiger partial charge in [0, 0.05) is 18.3 Å². The van der Waals surface area contributed by atoms with Crippen LogP contribution in [0.5, 0.6) is 0 Å². The fourth-order valence-corrected chi connectivity index (χ4v) is 8.10. The van der Waals surface area contributed by atoms with E-state index in [4.69, 9.17) is 9.47 Å². The summed E-state index contributed by atoms with van der Waals surface area (Å²) in [4.78, 5) is 24.0. The summed E-state index contributed by atoms with van der Waals surface area (Å²) in [6.45, 7) is 4.79. The van der Waals surface area contributed by atoms with Crippen LogP contribution >= 0.6 is 0 Å². The minimum atomic E-state index is -0.219. The first-order valence-corrected chi connectivity index (χ1v) is 10.5. The summed E-state index contributed by atoms with van der Waals surface area (Å²) in [6, 6.07) is 0. The molecule has 0 aromatic rings. The number of hydrogen-bond acceptors (Lipinski definition) is 4. The quantitative estimate of drug-likeness (QED) is 0.492. The lowest BCUT2D eigenvalue weighted by Crippen LogP contribution is -2.56. The Labute approximate surface area is 154 Å². The average molecular weight is 356 g/mol. The van der Waals surface area contributed by atoms with Crippen molar-refractivity contribution in [2.75, 3.05) is 0 Å². The first-order valence-electron chi connectivity index (χ1n) is 10.5. The van der Waals surface area contributed by atoms with Crippen LogP contribution in [0.3, 0.4) is 0 Å². The highest BCUT2D eigenvalue weighted by atomic mass is 16.6. The third-order valence-electron chi connectivity index (χ3n) is 9.56. The zero-order chi connectivity index (χ0) is 17.9. The van der Waals surface area contributed by atoms with Crippen LogP contribution in [0, 0.1) is 28.6 Å². The smallest absolute Gasteiger partial charge is 0.306 e. The molecule has 0 N–H and O–H groups in total. The van der Waals surface area contributed by atoms with Crippen LogP contribution < -0.4 is 0 Å². The van der Waals surface area contributed by atoms with E-state index in [0.717, 1.165) is 32.1 Å². The van der Waals surface area contributed by atoms with E-state index in [1.165, 1.54) is 12.0 Å². The third-order valence-corrected chi connectivity index (χ3v) is 9.56. The van der Waals surface area contributed by atoms with Gasteiger partial charge in [-0.05, 0) is 73.3 Å². The lowest BCUT2D eigenvalue weighted by molar-refractivity contribution is -0.167. The van der Waals surface area contributed by atoms with Crippen molar-refractivity contribution in [3.63, 3.8) is 0 Å². The third kappa shape index (κ3) is 1.67. The molecule has 8 atom stereocenters. The molecule has 0 aromatic heterocycles. The summed E-state index contributed by atoms with van der Waals surface area (Å²) in [5.41, 5.74) is 1.30. The van der Waals surface area contributed by atoms with Crippen LogP contribution in [-0.4, -0.2) is 29.6 Å². The van der Waals surface area contributed by atoms with Gasteiger partial charge in [0.15, 0.2) is 5.78 Å². The lowest BCUT2D eigenvalue weighted by Gasteiger charge is -2.57. The number of epoxide rings is 1. The Morgan fingerprint density at radius 3 is 2.58 bits per heavy atom. The molecule has 2 heterocycles. The SMILES string of the molecule is C[C@]12CCC(=O)C=C1[C@@H]1O[C@@H]1[C@@H]1[C@@H]2CC[C@@]2(C)[C@H]1CC[C@@]21CCC(=O)O1. The molecule has 5 fully saturated rings. The Morgan fingerprint density at radius 2 is 1.81 bits per heavy atom. The predicted molar refractivity (Wildman–Crippen MR) is 94.2 cm³/mol. The molecule has 4 aliphatic carbocycles. The summed E-state index contributed by atoms with van der Waals surface area (Å²) in [7, 11) is 0. The van der Waals surface area contributed by atoms with E-state index in [-0.39, 0.29) is 34.3 Å². The Bertz CT molecular complexity index is 755. The summed E-state index contributed by atoms with van der Waals surface area (Å²) in [5, 5.41) is 0. The molecule has 4 heteroatoms. The number of esters is 1. The number of hydrogen-bond donors (Lipinski definition) is 0. The van der Waals surface area contributed by atoms with Gasteiger partial charge in [-0.15, -0.1) is 0 Å². The van der Waals surface area contributed by atoms with Gasteiger partial charge in [-0.25, -0.2) is 0 Å². The molecule has 0 amide bonds. The fourth-order valence-electron chi connectivity index (χ4n) is 8.10. The van der Waals surface area contributed by atoms with Crippen LogP contribution in [0.4, 0.5) is 0 Å². The summed E-state index contributed by atoms with van der Waals surface area (Å²) in [5.74, 6) is 2.03. The van der Waals surface area contributed by atoms with E-state index in [1.54, 1.807) is 0 Å². The monoisotopic (exact) mass is 356 g/mol. The van der Waals surface area contributed by atoms with Crippen molar-refractivity contribution < 1.29 is 19.1 Å². The Morgan fingerprint density at radius 1 is 1.00 bits per heavy atom. The molecule has 0 radical (unpaired) electrons. The lowest BCUT2D eigenvalue weighted by atomic mass is 9.46. The molecule has 6 aliphatic rings. The molecule has 2 aliphatic heterocycles. The second-order valence-electron chi connectivity index (χ2n) is 10.3. The molecule has 3 saturated carbocycles. The Hall–Kier alpha value is -1.16. The van der Waals surface area contributed by atoms with Crippen LogP contribution in [-0.2, 0) is 19.1 Å². The van der Waals surface area contributed by atoms with Gasteiger partial charge >= 0.3 is 5.97 Å². The molecule has 0 aromatic carbocycles. The highest BCUT2D eigenvalue weighted by Crippen LogP contribution is 2.72. The molecule has 0 bridgehead atoms. The Balaban J connectivity index is 1.40. The number of rotatable bonds is 0. The topological polar surface area (TPSA) is 55.9 Å². The largest absolute Gasteiger partial charge is 0.458 e. The van der Waals surface area contributed by atoms with Gasteiger partial charge in [0.05, 0.1) is 6.10 Å². The van der Waals surface area contributed by atoms with E-state index in [2.05, 4.69) is 13.8 Å². The van der Waals surface area contributed by atoms with Crippen molar-refractivity contribution in [3.8, 4) is 0 Å². The van der Waals surface area contributed by atoms with Crippen molar-refractivity contribution in [1.82, 2.24) is 0 Å². The van der Waals surface area contributed by atoms with Crippen molar-refractivity contribution in [3.05, 3.63) is 11.6 Å². The maximum atomic E-state index is 12.0. The van der Waals surface area contributed by atoms with E-state index in [0.29, 0.717) is 36.7 Å². The highest BCUT2D eigenvalue weighted by Gasteiger charge is 2.72. The van der Waals surface area contributed by atoms with Crippen molar-refractivity contribution in [2.24, 2.45) is 28.6 Å². The average Bonchev–Trinajstić information content (AvgIpc) is 3.23. The van der Waals surface area contributed by atoms with E-state index < -0.39 is 0 Å². The van der Waals surface area contributed by atoms with Gasteiger partial charge in [0.1, 0.15) is 11.7 Å². The minimum absolute atomic E-state index is 0.00108. The van der Waals surface area contributed by atoms with E-state index in [9.17, 15) is 9.59 Å². The van der Waals surface area contributed by atoms with Gasteiger partial charge in [0.2, 0.25) is 0 Å². The van der Waals surface area contributed by atoms with Gasteiger partial charge < -0.3 is 9.47 Å². The molecule has 26 heavy (non-hydrogen) atoms. The number of carbonyl (C=O) groups excluding carboxylic acids is 2. The second kappa shape index (κ2) is 4.63. The maximum Gasteiger partial charge on any atom is 0.306 e. The summed E-state index contributed by atoms with van der Waals surface area (Å²) < 4.78 is 12.2. The molecule has 1 spiro atoms. The molecule has 4 nitrogen and oxygen atoms in total. The summed E-state index contributed by atoms with van der Waals surface area (Å²) in [6.07, 6.45) is 10.0. The number of ether oxygens (including phenoxy) is 2. The van der Waals surface area contributed by atoms with E-state index >= 15 is 0 Å². The predicted octanol–water partition coefficient (Wildman–Crippen LogP) is 3.58. The molecule has 140 valence electrons. The number of ketones is 1. The normalized spacial score (nSPS) is 57.0. The molecular formula is C22H28O4. The zero-order valence-electron chi connectivity index (χ0n) is 15.8. The molecule has 6 rings (SSSR count). The van der Waals surface area contributed by atoms with Gasteiger partial charge in [0.25, 0.3) is 0 Å².